The molecule has 0 radical (unpaired) electrons. The van der Waals surface area contributed by atoms with Gasteiger partial charge in [-0.1, -0.05) is 97.1 Å². The number of hydrogen-bond acceptors (Lipinski definition) is 1. The molecule has 27 heavy (non-hydrogen) atoms. The molecule has 0 atom stereocenters. The molecule has 0 N–H and O–H groups in total. The van der Waals surface area contributed by atoms with E-state index >= 15 is 0 Å². The van der Waals surface area contributed by atoms with Crippen LogP contribution in [0, 0.1) is 0 Å². The van der Waals surface area contributed by atoms with Gasteiger partial charge in [-0.2, -0.15) is 0 Å². The highest BCUT2D eigenvalue weighted by Gasteiger charge is 2.19. The molecule has 136 valence electrons. The molecule has 0 aliphatic carbocycles. The van der Waals surface area contributed by atoms with Gasteiger partial charge in [0.05, 0.1) is 0 Å². The van der Waals surface area contributed by atoms with Crippen molar-refractivity contribution in [2.24, 2.45) is 0 Å². The average molecular weight is 354 g/mol. The van der Waals surface area contributed by atoms with Crippen LogP contribution in [0.25, 0.3) is 17.2 Å². The molecular formula is C26H27N. The van der Waals surface area contributed by atoms with Crippen molar-refractivity contribution in [1.82, 2.24) is 4.90 Å². The standard InChI is InChI=1S/C26H27N/c1-3-8-22(9-4-1)10-7-19-27-20-17-26(18-21-27)25-15-13-24(14-16-25)23-11-5-2-6-12-23/h1-16,26H,17-21H2. The molecule has 0 amide bonds. The zero-order valence-electron chi connectivity index (χ0n) is 15.8. The maximum Gasteiger partial charge on any atom is 0.0166 e. The smallest absolute Gasteiger partial charge is 0.0166 e. The normalized spacial score (nSPS) is 16.0. The SMILES string of the molecule is C(=Cc1ccccc1)CN1CCC(c2ccc(-c3ccccc3)cc2)CC1. The number of likely N-dealkylation sites (tertiary alicyclic amines) is 1. The lowest BCUT2D eigenvalue weighted by Crippen LogP contribution is -2.33. The minimum Gasteiger partial charge on any atom is -0.300 e. The number of rotatable bonds is 5. The second-order valence-corrected chi connectivity index (χ2v) is 7.38. The molecule has 1 aliphatic rings. The van der Waals surface area contributed by atoms with Gasteiger partial charge in [-0.05, 0) is 54.1 Å². The fourth-order valence-corrected chi connectivity index (χ4v) is 3.93. The Morgan fingerprint density at radius 1 is 0.704 bits per heavy atom. The van der Waals surface area contributed by atoms with Gasteiger partial charge in [-0.3, -0.25) is 4.90 Å². The van der Waals surface area contributed by atoms with E-state index in [2.05, 4.69) is 102 Å². The average Bonchev–Trinajstić information content (AvgIpc) is 2.76. The largest absolute Gasteiger partial charge is 0.300 e. The monoisotopic (exact) mass is 353 g/mol. The second-order valence-electron chi connectivity index (χ2n) is 7.38. The van der Waals surface area contributed by atoms with Crippen molar-refractivity contribution in [2.45, 2.75) is 18.8 Å². The maximum absolute atomic E-state index is 2.56. The zero-order chi connectivity index (χ0) is 18.3. The molecule has 0 bridgehead atoms. The molecule has 1 heterocycles. The molecule has 1 saturated heterocycles. The first-order valence-corrected chi connectivity index (χ1v) is 9.98. The Bertz CT molecular complexity index is 842. The van der Waals surface area contributed by atoms with Gasteiger partial charge in [0.2, 0.25) is 0 Å². The van der Waals surface area contributed by atoms with E-state index in [9.17, 15) is 0 Å². The molecule has 0 aromatic heterocycles. The van der Waals surface area contributed by atoms with Crippen molar-refractivity contribution in [3.05, 3.63) is 102 Å². The van der Waals surface area contributed by atoms with Crippen molar-refractivity contribution in [3.63, 3.8) is 0 Å². The molecule has 1 nitrogen and oxygen atoms in total. The van der Waals surface area contributed by atoms with Gasteiger partial charge in [0.25, 0.3) is 0 Å². The van der Waals surface area contributed by atoms with Gasteiger partial charge < -0.3 is 0 Å². The molecule has 0 saturated carbocycles. The molecule has 3 aromatic carbocycles. The minimum atomic E-state index is 0.698. The highest BCUT2D eigenvalue weighted by Crippen LogP contribution is 2.29. The van der Waals surface area contributed by atoms with E-state index in [1.165, 1.54) is 48.2 Å². The summed E-state index contributed by atoms with van der Waals surface area (Å²) >= 11 is 0. The number of benzene rings is 3. The summed E-state index contributed by atoms with van der Waals surface area (Å²) in [5, 5.41) is 0. The van der Waals surface area contributed by atoms with Crippen LogP contribution < -0.4 is 0 Å². The molecule has 1 aliphatic heterocycles. The van der Waals surface area contributed by atoms with Gasteiger partial charge in [-0.15, -0.1) is 0 Å². The number of hydrogen-bond donors (Lipinski definition) is 0. The van der Waals surface area contributed by atoms with Crippen molar-refractivity contribution < 1.29 is 0 Å². The Labute approximate surface area is 163 Å². The summed E-state index contributed by atoms with van der Waals surface area (Å²) in [6, 6.07) is 30.4. The van der Waals surface area contributed by atoms with Crippen LogP contribution in [0.15, 0.2) is 91.0 Å². The first-order chi connectivity index (χ1) is 13.4. The Kier molecular flexibility index (Phi) is 5.81. The minimum absolute atomic E-state index is 0.698. The van der Waals surface area contributed by atoms with Crippen LogP contribution in [-0.2, 0) is 0 Å². The molecular weight excluding hydrogens is 326 g/mol. The van der Waals surface area contributed by atoms with Gasteiger partial charge in [0.15, 0.2) is 0 Å². The first-order valence-electron chi connectivity index (χ1n) is 9.98. The van der Waals surface area contributed by atoms with E-state index in [1.54, 1.807) is 0 Å². The third-order valence-corrected chi connectivity index (χ3v) is 5.55. The fourth-order valence-electron chi connectivity index (χ4n) is 3.93. The third-order valence-electron chi connectivity index (χ3n) is 5.55. The Hall–Kier alpha value is -2.64. The summed E-state index contributed by atoms with van der Waals surface area (Å²) in [5.41, 5.74) is 5.38. The lowest BCUT2D eigenvalue weighted by molar-refractivity contribution is 0.233. The summed E-state index contributed by atoms with van der Waals surface area (Å²) in [5.74, 6) is 0.698. The molecule has 0 spiro atoms. The van der Waals surface area contributed by atoms with E-state index in [-0.39, 0.29) is 0 Å². The third kappa shape index (κ3) is 4.75. The highest BCUT2D eigenvalue weighted by molar-refractivity contribution is 5.63. The van der Waals surface area contributed by atoms with E-state index in [4.69, 9.17) is 0 Å². The van der Waals surface area contributed by atoms with Gasteiger partial charge in [0, 0.05) is 6.54 Å². The Morgan fingerprint density at radius 3 is 1.96 bits per heavy atom. The van der Waals surface area contributed by atoms with Crippen molar-refractivity contribution in [3.8, 4) is 11.1 Å². The molecule has 3 aromatic rings. The van der Waals surface area contributed by atoms with E-state index in [0.717, 1.165) is 6.54 Å². The van der Waals surface area contributed by atoms with Gasteiger partial charge >= 0.3 is 0 Å². The lowest BCUT2D eigenvalue weighted by Gasteiger charge is -2.31. The van der Waals surface area contributed by atoms with Crippen LogP contribution in [-0.4, -0.2) is 24.5 Å². The summed E-state index contributed by atoms with van der Waals surface area (Å²) in [6.07, 6.45) is 7.03. The predicted octanol–water partition coefficient (Wildman–Crippen LogP) is 6.25. The highest BCUT2D eigenvalue weighted by atomic mass is 15.1. The van der Waals surface area contributed by atoms with Crippen molar-refractivity contribution in [1.29, 1.82) is 0 Å². The molecule has 1 fully saturated rings. The maximum atomic E-state index is 2.56. The lowest BCUT2D eigenvalue weighted by atomic mass is 9.88. The van der Waals surface area contributed by atoms with Crippen LogP contribution in [0.1, 0.15) is 29.9 Å². The van der Waals surface area contributed by atoms with E-state index in [1.807, 2.05) is 0 Å². The van der Waals surface area contributed by atoms with Crippen LogP contribution >= 0.6 is 0 Å². The topological polar surface area (TPSA) is 3.24 Å². The van der Waals surface area contributed by atoms with E-state index < -0.39 is 0 Å². The first kappa shape index (κ1) is 17.8. The van der Waals surface area contributed by atoms with Crippen molar-refractivity contribution >= 4 is 6.08 Å². The van der Waals surface area contributed by atoms with Crippen LogP contribution in [0.5, 0.6) is 0 Å². The summed E-state index contributed by atoms with van der Waals surface area (Å²) in [6.45, 7) is 3.42. The van der Waals surface area contributed by atoms with Crippen LogP contribution in [0.2, 0.25) is 0 Å². The molecule has 4 rings (SSSR count). The van der Waals surface area contributed by atoms with Gasteiger partial charge in [-0.25, -0.2) is 0 Å². The Morgan fingerprint density at radius 2 is 1.30 bits per heavy atom. The molecule has 0 unspecified atom stereocenters. The summed E-state index contributed by atoms with van der Waals surface area (Å²) in [4.78, 5) is 2.56. The summed E-state index contributed by atoms with van der Waals surface area (Å²) in [7, 11) is 0. The summed E-state index contributed by atoms with van der Waals surface area (Å²) < 4.78 is 0. The zero-order valence-corrected chi connectivity index (χ0v) is 15.8. The van der Waals surface area contributed by atoms with E-state index in [0.29, 0.717) is 5.92 Å². The van der Waals surface area contributed by atoms with Crippen molar-refractivity contribution in [2.75, 3.05) is 19.6 Å². The Balaban J connectivity index is 1.29. The second kappa shape index (κ2) is 8.83. The molecule has 1 heteroatoms. The van der Waals surface area contributed by atoms with Gasteiger partial charge in [0.1, 0.15) is 0 Å². The fraction of sp³-hybridized carbons (Fsp3) is 0.231. The number of nitrogens with zero attached hydrogens (tertiary/aromatic N) is 1. The van der Waals surface area contributed by atoms with Crippen LogP contribution in [0.3, 0.4) is 0 Å². The number of piperidine rings is 1. The predicted molar refractivity (Wildman–Crippen MR) is 116 cm³/mol. The quantitative estimate of drug-likeness (QED) is 0.524. The van der Waals surface area contributed by atoms with Crippen LogP contribution in [0.4, 0.5) is 0 Å².